The lowest BCUT2D eigenvalue weighted by molar-refractivity contribution is 0.319. The minimum absolute atomic E-state index is 0. The second-order valence-corrected chi connectivity index (χ2v) is 8.37. The third-order valence-electron chi connectivity index (χ3n) is 3.20. The van der Waals surface area contributed by atoms with Crippen LogP contribution in [-0.4, -0.2) is 52.9 Å². The summed E-state index contributed by atoms with van der Waals surface area (Å²) >= 11 is 12.1. The number of sulfone groups is 1. The van der Waals surface area contributed by atoms with Gasteiger partial charge in [0, 0.05) is 11.6 Å². The normalized spacial score (nSPS) is 12.3. The van der Waals surface area contributed by atoms with E-state index in [0.717, 1.165) is 0 Å². The van der Waals surface area contributed by atoms with Crippen LogP contribution in [0.15, 0.2) is 18.2 Å². The van der Waals surface area contributed by atoms with Gasteiger partial charge in [0.15, 0.2) is 15.7 Å². The van der Waals surface area contributed by atoms with E-state index in [1.54, 1.807) is 25.1 Å². The number of nitrogens with zero attached hydrogens (tertiary/aromatic N) is 3. The van der Waals surface area contributed by atoms with Crippen LogP contribution in [0.4, 0.5) is 11.8 Å². The van der Waals surface area contributed by atoms with Gasteiger partial charge in [-0.3, -0.25) is 0 Å². The topological polar surface area (TPSA) is 131 Å². The smallest absolute Gasteiger partial charge is 0.244 e. The van der Waals surface area contributed by atoms with Crippen molar-refractivity contribution >= 4 is 57.2 Å². The molecule has 0 aliphatic carbocycles. The first-order valence-corrected chi connectivity index (χ1v) is 9.83. The predicted molar refractivity (Wildman–Crippen MR) is 106 cm³/mol. The van der Waals surface area contributed by atoms with Crippen molar-refractivity contribution in [3.8, 4) is 11.3 Å². The summed E-state index contributed by atoms with van der Waals surface area (Å²) < 4.78 is 23.4. The van der Waals surface area contributed by atoms with Gasteiger partial charge in [-0.25, -0.2) is 8.42 Å². The number of nitrogen functional groups attached to an aromatic ring is 1. The Balaban J connectivity index is 0.00000338. The number of benzene rings is 1. The number of nitrogens with one attached hydrogen (secondary N) is 1. The number of hydrogen-bond acceptors (Lipinski definition) is 8. The molecule has 2 aromatic rings. The van der Waals surface area contributed by atoms with Crippen LogP contribution < -0.4 is 11.1 Å². The fourth-order valence-corrected chi connectivity index (χ4v) is 3.82. The Morgan fingerprint density at radius 2 is 2.00 bits per heavy atom. The average molecular weight is 443 g/mol. The molecule has 1 unspecified atom stereocenters. The maximum absolute atomic E-state index is 11.7. The highest BCUT2D eigenvalue weighted by atomic mass is 35.5. The lowest BCUT2D eigenvalue weighted by Crippen LogP contribution is -2.29. The van der Waals surface area contributed by atoms with Gasteiger partial charge in [0.2, 0.25) is 5.95 Å². The number of anilines is 2. The summed E-state index contributed by atoms with van der Waals surface area (Å²) in [4.78, 5) is 4.08. The van der Waals surface area contributed by atoms with E-state index < -0.39 is 22.5 Å². The minimum atomic E-state index is -3.37. The van der Waals surface area contributed by atoms with Crippen molar-refractivity contribution in [1.82, 2.24) is 15.2 Å². The molecule has 2 rings (SSSR count). The molecule has 144 valence electrons. The van der Waals surface area contributed by atoms with Gasteiger partial charge < -0.3 is 16.2 Å². The Hall–Kier alpha value is -1.39. The minimum Gasteiger partial charge on any atom is -0.395 e. The number of aliphatic hydroxyl groups is 1. The van der Waals surface area contributed by atoms with Gasteiger partial charge in [-0.15, -0.1) is 22.6 Å². The summed E-state index contributed by atoms with van der Waals surface area (Å²) in [7, 11) is -3.37. The van der Waals surface area contributed by atoms with Crippen LogP contribution in [0.2, 0.25) is 10.0 Å². The van der Waals surface area contributed by atoms with E-state index in [-0.39, 0.29) is 46.4 Å². The first kappa shape index (κ1) is 22.7. The van der Waals surface area contributed by atoms with Gasteiger partial charge in [-0.05, 0) is 13.0 Å². The summed E-state index contributed by atoms with van der Waals surface area (Å²) in [6.07, 6.45) is 0. The van der Waals surface area contributed by atoms with Crippen LogP contribution in [0.3, 0.4) is 0 Å². The molecule has 12 heteroatoms. The number of aromatic nitrogens is 3. The fourth-order valence-electron chi connectivity index (χ4n) is 2.14. The zero-order chi connectivity index (χ0) is 18.6. The first-order valence-electron chi connectivity index (χ1n) is 7.26. The molecule has 8 nitrogen and oxygen atoms in total. The van der Waals surface area contributed by atoms with E-state index in [9.17, 15) is 8.42 Å². The molecule has 0 spiro atoms. The molecule has 4 N–H and O–H groups in total. The number of rotatable bonds is 7. The van der Waals surface area contributed by atoms with Crippen molar-refractivity contribution in [2.24, 2.45) is 0 Å². The Bertz CT molecular complexity index is 867. The van der Waals surface area contributed by atoms with E-state index in [1.165, 1.54) is 0 Å². The van der Waals surface area contributed by atoms with Crippen LogP contribution in [0.1, 0.15) is 6.92 Å². The van der Waals surface area contributed by atoms with Gasteiger partial charge in [0.1, 0.15) is 5.69 Å². The van der Waals surface area contributed by atoms with Crippen LogP contribution in [0.25, 0.3) is 11.3 Å². The highest BCUT2D eigenvalue weighted by molar-refractivity contribution is 7.91. The summed E-state index contributed by atoms with van der Waals surface area (Å²) in [6.45, 7) is 1.23. The molecule has 1 aromatic carbocycles. The van der Waals surface area contributed by atoms with Crippen molar-refractivity contribution < 1.29 is 13.5 Å². The third kappa shape index (κ3) is 5.82. The second kappa shape index (κ2) is 9.52. The van der Waals surface area contributed by atoms with Crippen LogP contribution in [0.5, 0.6) is 0 Å². The molecule has 1 aromatic heterocycles. The molecule has 0 saturated heterocycles. The van der Waals surface area contributed by atoms with Crippen LogP contribution in [0, 0.1) is 0 Å². The fraction of sp³-hybridized carbons (Fsp3) is 0.357. The van der Waals surface area contributed by atoms with Crippen LogP contribution in [-0.2, 0) is 9.84 Å². The van der Waals surface area contributed by atoms with Gasteiger partial charge in [0.25, 0.3) is 0 Å². The van der Waals surface area contributed by atoms with Gasteiger partial charge in [0.05, 0.1) is 28.2 Å². The van der Waals surface area contributed by atoms with Crippen molar-refractivity contribution in [3.63, 3.8) is 0 Å². The van der Waals surface area contributed by atoms with Gasteiger partial charge >= 0.3 is 0 Å². The molecule has 1 heterocycles. The molecule has 0 radical (unpaired) electrons. The monoisotopic (exact) mass is 441 g/mol. The standard InChI is InChI=1S/C14H17Cl2N5O3S.ClH/c1-8(7-25(23,24)6-5-22)18-14-19-13(17)12(20-21-14)9-3-2-4-10(15)11(9)16;/h2-4,8,22H,5-7H2,1H3,(H3,17,18,19,21);1H. The Kier molecular flexibility index (Phi) is 8.29. The molecular formula is C14H18Cl3N5O3S. The molecular weight excluding hydrogens is 425 g/mol. The summed E-state index contributed by atoms with van der Waals surface area (Å²) in [5.41, 5.74) is 6.69. The third-order valence-corrected chi connectivity index (χ3v) is 5.83. The Labute approximate surface area is 167 Å². The molecule has 0 fully saturated rings. The van der Waals surface area contributed by atoms with E-state index >= 15 is 0 Å². The van der Waals surface area contributed by atoms with E-state index in [4.69, 9.17) is 34.0 Å². The Morgan fingerprint density at radius 3 is 2.62 bits per heavy atom. The van der Waals surface area contributed by atoms with Crippen LogP contribution >= 0.6 is 35.6 Å². The van der Waals surface area contributed by atoms with E-state index in [2.05, 4.69) is 20.5 Å². The van der Waals surface area contributed by atoms with Crippen molar-refractivity contribution in [1.29, 1.82) is 0 Å². The molecule has 0 aliphatic heterocycles. The molecule has 0 aliphatic rings. The second-order valence-electron chi connectivity index (χ2n) is 5.35. The summed E-state index contributed by atoms with van der Waals surface area (Å²) in [6, 6.07) is 4.53. The van der Waals surface area contributed by atoms with Crippen molar-refractivity contribution in [2.45, 2.75) is 13.0 Å². The SMILES string of the molecule is CC(CS(=O)(=O)CCO)Nc1nnc(-c2cccc(Cl)c2Cl)c(N)n1.Cl. The number of halogens is 3. The van der Waals surface area contributed by atoms with E-state index in [0.29, 0.717) is 10.6 Å². The largest absolute Gasteiger partial charge is 0.395 e. The highest BCUT2D eigenvalue weighted by Crippen LogP contribution is 2.34. The number of hydrogen-bond donors (Lipinski definition) is 3. The maximum Gasteiger partial charge on any atom is 0.244 e. The zero-order valence-electron chi connectivity index (χ0n) is 13.7. The lowest BCUT2D eigenvalue weighted by atomic mass is 10.1. The molecule has 0 amide bonds. The Morgan fingerprint density at radius 1 is 1.31 bits per heavy atom. The molecule has 0 bridgehead atoms. The maximum atomic E-state index is 11.7. The van der Waals surface area contributed by atoms with Crippen molar-refractivity contribution in [2.75, 3.05) is 29.2 Å². The summed E-state index contributed by atoms with van der Waals surface area (Å²) in [5.74, 6) is -0.316. The quantitative estimate of drug-likeness (QED) is 0.594. The van der Waals surface area contributed by atoms with Gasteiger partial charge in [-0.2, -0.15) is 4.98 Å². The predicted octanol–water partition coefficient (Wildman–Crippen LogP) is 2.06. The number of nitrogens with two attached hydrogens (primary N) is 1. The number of aliphatic hydroxyl groups excluding tert-OH is 1. The van der Waals surface area contributed by atoms with E-state index in [1.807, 2.05) is 0 Å². The summed E-state index contributed by atoms with van der Waals surface area (Å²) in [5, 5.41) is 20.1. The first-order chi connectivity index (χ1) is 11.7. The lowest BCUT2D eigenvalue weighted by Gasteiger charge is -2.14. The van der Waals surface area contributed by atoms with Gasteiger partial charge in [-0.1, -0.05) is 35.3 Å². The van der Waals surface area contributed by atoms with Crippen molar-refractivity contribution in [3.05, 3.63) is 28.2 Å². The zero-order valence-corrected chi connectivity index (χ0v) is 16.8. The average Bonchev–Trinajstić information content (AvgIpc) is 2.50. The molecule has 0 saturated carbocycles. The molecule has 1 atom stereocenters. The highest BCUT2D eigenvalue weighted by Gasteiger charge is 2.18. The molecule has 26 heavy (non-hydrogen) atoms.